The molecule has 19 heavy (non-hydrogen) atoms. The van der Waals surface area contributed by atoms with Crippen LogP contribution in [-0.2, 0) is 6.42 Å². The molecule has 0 saturated heterocycles. The van der Waals surface area contributed by atoms with Gasteiger partial charge in [0.15, 0.2) is 5.78 Å². The fourth-order valence-electron chi connectivity index (χ4n) is 2.21. The molecule has 0 atom stereocenters. The molecular formula is C16H13NOS. The first-order chi connectivity index (χ1) is 9.24. The van der Waals surface area contributed by atoms with Gasteiger partial charge in [-0.3, -0.25) is 9.78 Å². The molecule has 3 aromatic rings. The Hall–Kier alpha value is -2.00. The van der Waals surface area contributed by atoms with Crippen LogP contribution in [0.3, 0.4) is 0 Å². The molecule has 0 amide bonds. The third-order valence-electron chi connectivity index (χ3n) is 3.09. The third kappa shape index (κ3) is 2.42. The van der Waals surface area contributed by atoms with E-state index in [1.807, 2.05) is 54.1 Å². The van der Waals surface area contributed by atoms with E-state index in [0.717, 1.165) is 27.7 Å². The van der Waals surface area contributed by atoms with E-state index in [9.17, 15) is 4.79 Å². The number of Topliss-reactive ketones (excluding diaryl/α,β-unsaturated/α-hetero) is 1. The van der Waals surface area contributed by atoms with Crippen molar-refractivity contribution in [3.8, 4) is 0 Å². The van der Waals surface area contributed by atoms with Gasteiger partial charge >= 0.3 is 0 Å². The van der Waals surface area contributed by atoms with Gasteiger partial charge in [0, 0.05) is 23.1 Å². The largest absolute Gasteiger partial charge is 0.294 e. The van der Waals surface area contributed by atoms with E-state index in [-0.39, 0.29) is 5.78 Å². The van der Waals surface area contributed by atoms with Crippen molar-refractivity contribution in [2.75, 3.05) is 0 Å². The molecule has 0 N–H and O–H groups in total. The number of para-hydroxylation sites is 1. The highest BCUT2D eigenvalue weighted by Crippen LogP contribution is 2.20. The fraction of sp³-hybridized carbons (Fsp3) is 0.125. The second-order valence-corrected chi connectivity index (χ2v) is 5.34. The van der Waals surface area contributed by atoms with Crippen LogP contribution in [0.1, 0.15) is 21.6 Å². The predicted molar refractivity (Wildman–Crippen MR) is 78.8 cm³/mol. The lowest BCUT2D eigenvalue weighted by atomic mass is 10.0. The minimum Gasteiger partial charge on any atom is -0.294 e. The SMILES string of the molecule is Cc1cc(C(=O)Cc2ccsc2)c2ccccc2n1. The molecule has 0 saturated carbocycles. The Kier molecular flexibility index (Phi) is 3.13. The van der Waals surface area contributed by atoms with E-state index >= 15 is 0 Å². The maximum absolute atomic E-state index is 12.5. The lowest BCUT2D eigenvalue weighted by molar-refractivity contribution is 0.0994. The first-order valence-electron chi connectivity index (χ1n) is 6.15. The van der Waals surface area contributed by atoms with Crippen molar-refractivity contribution in [1.82, 2.24) is 4.98 Å². The van der Waals surface area contributed by atoms with Crippen LogP contribution in [0.5, 0.6) is 0 Å². The standard InChI is InChI=1S/C16H13NOS/c1-11-8-14(13-4-2-3-5-15(13)17-11)16(18)9-12-6-7-19-10-12/h2-8,10H,9H2,1H3. The highest BCUT2D eigenvalue weighted by molar-refractivity contribution is 7.08. The molecule has 1 aromatic carbocycles. The van der Waals surface area contributed by atoms with Gasteiger partial charge in [-0.1, -0.05) is 18.2 Å². The molecule has 3 heteroatoms. The number of aryl methyl sites for hydroxylation is 1. The van der Waals surface area contributed by atoms with Gasteiger partial charge < -0.3 is 0 Å². The zero-order valence-corrected chi connectivity index (χ0v) is 11.4. The Balaban J connectivity index is 2.06. The molecule has 0 fully saturated rings. The number of aromatic nitrogens is 1. The van der Waals surface area contributed by atoms with Crippen LogP contribution in [0.4, 0.5) is 0 Å². The molecule has 2 heterocycles. The molecule has 0 bridgehead atoms. The fourth-order valence-corrected chi connectivity index (χ4v) is 2.88. The number of thiophene rings is 1. The van der Waals surface area contributed by atoms with E-state index < -0.39 is 0 Å². The Bertz CT molecular complexity index is 732. The van der Waals surface area contributed by atoms with Gasteiger partial charge in [-0.2, -0.15) is 11.3 Å². The highest BCUT2D eigenvalue weighted by Gasteiger charge is 2.12. The van der Waals surface area contributed by atoms with Crippen molar-refractivity contribution >= 4 is 28.0 Å². The van der Waals surface area contributed by atoms with Gasteiger partial charge in [0.1, 0.15) is 0 Å². The van der Waals surface area contributed by atoms with Gasteiger partial charge in [-0.15, -0.1) is 0 Å². The van der Waals surface area contributed by atoms with Crippen molar-refractivity contribution in [1.29, 1.82) is 0 Å². The molecule has 94 valence electrons. The van der Waals surface area contributed by atoms with Gasteiger partial charge in [0.2, 0.25) is 0 Å². The molecular weight excluding hydrogens is 254 g/mol. The number of nitrogens with zero attached hydrogens (tertiary/aromatic N) is 1. The first-order valence-corrected chi connectivity index (χ1v) is 7.09. The van der Waals surface area contributed by atoms with E-state index in [0.29, 0.717) is 6.42 Å². The maximum Gasteiger partial charge on any atom is 0.168 e. The topological polar surface area (TPSA) is 30.0 Å². The summed E-state index contributed by atoms with van der Waals surface area (Å²) in [6.45, 7) is 1.92. The first kappa shape index (κ1) is 12.1. The van der Waals surface area contributed by atoms with Crippen LogP contribution in [0.25, 0.3) is 10.9 Å². The molecule has 0 spiro atoms. The minimum absolute atomic E-state index is 0.153. The lowest BCUT2D eigenvalue weighted by Gasteiger charge is -2.06. The number of rotatable bonds is 3. The predicted octanol–water partition coefficient (Wildman–Crippen LogP) is 4.03. The molecule has 2 nitrogen and oxygen atoms in total. The summed E-state index contributed by atoms with van der Waals surface area (Å²) in [5, 5.41) is 4.96. The summed E-state index contributed by atoms with van der Waals surface area (Å²) in [5.41, 5.74) is 3.62. The number of hydrogen-bond acceptors (Lipinski definition) is 3. The van der Waals surface area contributed by atoms with Gasteiger partial charge in [-0.05, 0) is 41.4 Å². The van der Waals surface area contributed by atoms with Gasteiger partial charge in [-0.25, -0.2) is 0 Å². The van der Waals surface area contributed by atoms with E-state index in [2.05, 4.69) is 4.98 Å². The average molecular weight is 267 g/mol. The van der Waals surface area contributed by atoms with E-state index in [1.165, 1.54) is 0 Å². The molecule has 0 radical (unpaired) electrons. The van der Waals surface area contributed by atoms with Crippen molar-refractivity contribution in [2.45, 2.75) is 13.3 Å². The summed E-state index contributed by atoms with van der Waals surface area (Å²) in [7, 11) is 0. The maximum atomic E-state index is 12.5. The Labute approximate surface area is 115 Å². The second kappa shape index (κ2) is 4.94. The van der Waals surface area contributed by atoms with Crippen LogP contribution in [0, 0.1) is 6.92 Å². The summed E-state index contributed by atoms with van der Waals surface area (Å²) in [6.07, 6.45) is 0.455. The van der Waals surface area contributed by atoms with Gasteiger partial charge in [0.25, 0.3) is 0 Å². The summed E-state index contributed by atoms with van der Waals surface area (Å²) in [6, 6.07) is 11.7. The number of pyridine rings is 1. The number of hydrogen-bond donors (Lipinski definition) is 0. The lowest BCUT2D eigenvalue weighted by Crippen LogP contribution is -2.05. The van der Waals surface area contributed by atoms with Crippen LogP contribution in [-0.4, -0.2) is 10.8 Å². The molecule has 0 unspecified atom stereocenters. The van der Waals surface area contributed by atoms with Crippen molar-refractivity contribution in [2.24, 2.45) is 0 Å². The smallest absolute Gasteiger partial charge is 0.168 e. The Morgan fingerprint density at radius 1 is 1.26 bits per heavy atom. The Morgan fingerprint density at radius 2 is 2.11 bits per heavy atom. The summed E-state index contributed by atoms with van der Waals surface area (Å²) in [5.74, 6) is 0.153. The van der Waals surface area contributed by atoms with Crippen LogP contribution < -0.4 is 0 Å². The van der Waals surface area contributed by atoms with Crippen LogP contribution in [0.2, 0.25) is 0 Å². The summed E-state index contributed by atoms with van der Waals surface area (Å²) < 4.78 is 0. The normalized spacial score (nSPS) is 10.8. The van der Waals surface area contributed by atoms with Crippen molar-refractivity contribution in [3.63, 3.8) is 0 Å². The quantitative estimate of drug-likeness (QED) is 0.671. The van der Waals surface area contributed by atoms with Crippen molar-refractivity contribution < 1.29 is 4.79 Å². The highest BCUT2D eigenvalue weighted by atomic mass is 32.1. The number of fused-ring (bicyclic) bond motifs is 1. The third-order valence-corrected chi connectivity index (χ3v) is 3.82. The molecule has 2 aromatic heterocycles. The molecule has 0 aliphatic heterocycles. The van der Waals surface area contributed by atoms with E-state index in [4.69, 9.17) is 0 Å². The van der Waals surface area contributed by atoms with Crippen molar-refractivity contribution in [3.05, 3.63) is 64.0 Å². The second-order valence-electron chi connectivity index (χ2n) is 4.56. The zero-order valence-electron chi connectivity index (χ0n) is 10.6. The van der Waals surface area contributed by atoms with Gasteiger partial charge in [0.05, 0.1) is 5.52 Å². The number of carbonyl (C=O) groups is 1. The minimum atomic E-state index is 0.153. The van der Waals surface area contributed by atoms with Crippen LogP contribution >= 0.6 is 11.3 Å². The zero-order chi connectivity index (χ0) is 13.2. The molecule has 3 rings (SSSR count). The molecule has 0 aliphatic carbocycles. The number of ketones is 1. The van der Waals surface area contributed by atoms with Crippen LogP contribution in [0.15, 0.2) is 47.2 Å². The average Bonchev–Trinajstić information content (AvgIpc) is 2.90. The summed E-state index contributed by atoms with van der Waals surface area (Å²) in [4.78, 5) is 16.9. The van der Waals surface area contributed by atoms with E-state index in [1.54, 1.807) is 11.3 Å². The number of benzene rings is 1. The Morgan fingerprint density at radius 3 is 2.89 bits per heavy atom. The summed E-state index contributed by atoms with van der Waals surface area (Å²) >= 11 is 1.62. The molecule has 0 aliphatic rings. The monoisotopic (exact) mass is 267 g/mol. The number of carbonyl (C=O) groups excluding carboxylic acids is 1.